The van der Waals surface area contributed by atoms with E-state index in [0.29, 0.717) is 12.5 Å². The van der Waals surface area contributed by atoms with Crippen molar-refractivity contribution in [3.63, 3.8) is 0 Å². The summed E-state index contributed by atoms with van der Waals surface area (Å²) in [6.45, 7) is 8.67. The van der Waals surface area contributed by atoms with Crippen molar-refractivity contribution in [3.8, 4) is 0 Å². The summed E-state index contributed by atoms with van der Waals surface area (Å²) in [5, 5.41) is 3.15. The molecular formula is C21H28N2O. The number of carbonyl (C=O) groups excluding carboxylic acids is 1. The zero-order valence-corrected chi connectivity index (χ0v) is 14.9. The first-order chi connectivity index (χ1) is 11.7. The van der Waals surface area contributed by atoms with E-state index in [9.17, 15) is 4.79 Å². The standard InChI is InChI=1S/C21H28N2O/c1-4-23(5-2)20(19-14-10-7-11-15-19)21(24)22-16-17(3)18-12-8-6-9-13-18/h6-15,17,20H,4-5,16H2,1-3H3,(H,22,24). The molecule has 0 spiro atoms. The van der Waals surface area contributed by atoms with Gasteiger partial charge in [-0.25, -0.2) is 0 Å². The van der Waals surface area contributed by atoms with Gasteiger partial charge >= 0.3 is 0 Å². The van der Waals surface area contributed by atoms with Crippen LogP contribution in [0, 0.1) is 0 Å². The summed E-state index contributed by atoms with van der Waals surface area (Å²) in [6, 6.07) is 20.1. The van der Waals surface area contributed by atoms with Gasteiger partial charge in [-0.1, -0.05) is 81.4 Å². The highest BCUT2D eigenvalue weighted by Crippen LogP contribution is 2.21. The Labute approximate surface area is 145 Å². The van der Waals surface area contributed by atoms with Gasteiger partial charge < -0.3 is 5.32 Å². The van der Waals surface area contributed by atoms with Crippen LogP contribution in [0.15, 0.2) is 60.7 Å². The van der Waals surface area contributed by atoms with Crippen LogP contribution in [0.25, 0.3) is 0 Å². The maximum Gasteiger partial charge on any atom is 0.241 e. The van der Waals surface area contributed by atoms with Gasteiger partial charge in [0.15, 0.2) is 0 Å². The van der Waals surface area contributed by atoms with Gasteiger partial charge in [0.25, 0.3) is 0 Å². The third-order valence-electron chi connectivity index (χ3n) is 4.49. The molecule has 2 aromatic carbocycles. The molecule has 128 valence electrons. The second-order valence-electron chi connectivity index (χ2n) is 6.09. The number of hydrogen-bond donors (Lipinski definition) is 1. The van der Waals surface area contributed by atoms with Gasteiger partial charge in [0.2, 0.25) is 5.91 Å². The maximum absolute atomic E-state index is 12.9. The van der Waals surface area contributed by atoms with Crippen molar-refractivity contribution in [2.75, 3.05) is 19.6 Å². The monoisotopic (exact) mass is 324 g/mol. The van der Waals surface area contributed by atoms with E-state index in [1.807, 2.05) is 48.5 Å². The predicted octanol–water partition coefficient (Wildman–Crippen LogP) is 3.99. The van der Waals surface area contributed by atoms with Crippen LogP contribution in [-0.4, -0.2) is 30.4 Å². The lowest BCUT2D eigenvalue weighted by Crippen LogP contribution is -2.41. The van der Waals surface area contributed by atoms with Crippen molar-refractivity contribution in [1.82, 2.24) is 10.2 Å². The predicted molar refractivity (Wildman–Crippen MR) is 100.0 cm³/mol. The molecule has 2 unspecified atom stereocenters. The lowest BCUT2D eigenvalue weighted by Gasteiger charge is -2.29. The molecule has 2 aromatic rings. The zero-order valence-electron chi connectivity index (χ0n) is 14.9. The quantitative estimate of drug-likeness (QED) is 0.796. The fraction of sp³-hybridized carbons (Fsp3) is 0.381. The highest BCUT2D eigenvalue weighted by Gasteiger charge is 2.25. The molecule has 0 saturated heterocycles. The van der Waals surface area contributed by atoms with Crippen LogP contribution >= 0.6 is 0 Å². The summed E-state index contributed by atoms with van der Waals surface area (Å²) in [7, 11) is 0. The largest absolute Gasteiger partial charge is 0.354 e. The summed E-state index contributed by atoms with van der Waals surface area (Å²) in [6.07, 6.45) is 0. The molecule has 24 heavy (non-hydrogen) atoms. The molecule has 0 aromatic heterocycles. The molecule has 3 heteroatoms. The van der Waals surface area contributed by atoms with Crippen LogP contribution in [0.1, 0.15) is 43.9 Å². The van der Waals surface area contributed by atoms with Gasteiger partial charge in [-0.2, -0.15) is 0 Å². The van der Waals surface area contributed by atoms with Crippen LogP contribution in [0.4, 0.5) is 0 Å². The van der Waals surface area contributed by atoms with Gasteiger partial charge in [-0.05, 0) is 30.1 Å². The Morgan fingerprint density at radius 1 is 0.917 bits per heavy atom. The Bertz CT molecular complexity index is 608. The van der Waals surface area contributed by atoms with Crippen molar-refractivity contribution < 1.29 is 4.79 Å². The van der Waals surface area contributed by atoms with Crippen molar-refractivity contribution in [2.45, 2.75) is 32.7 Å². The van der Waals surface area contributed by atoms with E-state index >= 15 is 0 Å². The number of rotatable bonds is 8. The molecule has 0 fully saturated rings. The van der Waals surface area contributed by atoms with Crippen LogP contribution in [0.5, 0.6) is 0 Å². The molecule has 0 aliphatic carbocycles. The van der Waals surface area contributed by atoms with E-state index in [0.717, 1.165) is 18.7 Å². The number of amides is 1. The summed E-state index contributed by atoms with van der Waals surface area (Å²) in [4.78, 5) is 15.1. The highest BCUT2D eigenvalue weighted by molar-refractivity contribution is 5.83. The van der Waals surface area contributed by atoms with E-state index in [1.54, 1.807) is 0 Å². The van der Waals surface area contributed by atoms with Crippen molar-refractivity contribution in [1.29, 1.82) is 0 Å². The lowest BCUT2D eigenvalue weighted by atomic mass is 10.0. The molecule has 0 aliphatic heterocycles. The lowest BCUT2D eigenvalue weighted by molar-refractivity contribution is -0.126. The molecular weight excluding hydrogens is 296 g/mol. The van der Waals surface area contributed by atoms with E-state index in [4.69, 9.17) is 0 Å². The summed E-state index contributed by atoms with van der Waals surface area (Å²) in [5.41, 5.74) is 2.29. The minimum Gasteiger partial charge on any atom is -0.354 e. The van der Waals surface area contributed by atoms with Crippen molar-refractivity contribution >= 4 is 5.91 Å². The Balaban J connectivity index is 2.08. The zero-order chi connectivity index (χ0) is 17.4. The maximum atomic E-state index is 12.9. The molecule has 0 bridgehead atoms. The molecule has 1 N–H and O–H groups in total. The summed E-state index contributed by atoms with van der Waals surface area (Å²) >= 11 is 0. The SMILES string of the molecule is CCN(CC)C(C(=O)NCC(C)c1ccccc1)c1ccccc1. The first-order valence-corrected chi connectivity index (χ1v) is 8.79. The number of likely N-dealkylation sites (N-methyl/N-ethyl adjacent to an activating group) is 1. The molecule has 1 amide bonds. The molecule has 2 rings (SSSR count). The first-order valence-electron chi connectivity index (χ1n) is 8.79. The van der Waals surface area contributed by atoms with Crippen LogP contribution in [0.2, 0.25) is 0 Å². The fourth-order valence-electron chi connectivity index (χ4n) is 3.00. The van der Waals surface area contributed by atoms with Gasteiger partial charge in [-0.3, -0.25) is 9.69 Å². The number of nitrogens with one attached hydrogen (secondary N) is 1. The second kappa shape index (κ2) is 9.24. The van der Waals surface area contributed by atoms with Crippen LogP contribution in [0.3, 0.4) is 0 Å². The van der Waals surface area contributed by atoms with Gasteiger partial charge in [-0.15, -0.1) is 0 Å². The number of carbonyl (C=O) groups is 1. The van der Waals surface area contributed by atoms with E-state index in [1.165, 1.54) is 5.56 Å². The smallest absolute Gasteiger partial charge is 0.241 e. The van der Waals surface area contributed by atoms with E-state index in [2.05, 4.69) is 43.1 Å². The average molecular weight is 324 g/mol. The number of benzene rings is 2. The Morgan fingerprint density at radius 2 is 1.42 bits per heavy atom. The highest BCUT2D eigenvalue weighted by atomic mass is 16.2. The van der Waals surface area contributed by atoms with Gasteiger partial charge in [0.05, 0.1) is 0 Å². The molecule has 0 aliphatic rings. The summed E-state index contributed by atoms with van der Waals surface area (Å²) in [5.74, 6) is 0.371. The van der Waals surface area contributed by atoms with Gasteiger partial charge in [0, 0.05) is 6.54 Å². The Morgan fingerprint density at radius 3 is 1.92 bits per heavy atom. The molecule has 2 atom stereocenters. The average Bonchev–Trinajstić information content (AvgIpc) is 2.65. The van der Waals surface area contributed by atoms with Gasteiger partial charge in [0.1, 0.15) is 6.04 Å². The minimum absolute atomic E-state index is 0.0766. The van der Waals surface area contributed by atoms with Crippen molar-refractivity contribution in [2.24, 2.45) is 0 Å². The third-order valence-corrected chi connectivity index (χ3v) is 4.49. The van der Waals surface area contributed by atoms with Crippen LogP contribution in [-0.2, 0) is 4.79 Å². The minimum atomic E-state index is -0.232. The molecule has 0 radical (unpaired) electrons. The number of nitrogens with zero attached hydrogens (tertiary/aromatic N) is 1. The normalized spacial score (nSPS) is 13.5. The topological polar surface area (TPSA) is 32.3 Å². The molecule has 0 heterocycles. The number of hydrogen-bond acceptors (Lipinski definition) is 2. The Kier molecular flexibility index (Phi) is 7.01. The van der Waals surface area contributed by atoms with E-state index < -0.39 is 0 Å². The fourth-order valence-corrected chi connectivity index (χ4v) is 3.00. The molecule has 3 nitrogen and oxygen atoms in total. The van der Waals surface area contributed by atoms with Crippen LogP contribution < -0.4 is 5.32 Å². The Hall–Kier alpha value is -2.13. The van der Waals surface area contributed by atoms with E-state index in [-0.39, 0.29) is 11.9 Å². The second-order valence-corrected chi connectivity index (χ2v) is 6.09. The van der Waals surface area contributed by atoms with Crippen molar-refractivity contribution in [3.05, 3.63) is 71.8 Å². The first kappa shape index (κ1) is 18.2. The summed E-state index contributed by atoms with van der Waals surface area (Å²) < 4.78 is 0. The third kappa shape index (κ3) is 4.68. The molecule has 0 saturated carbocycles.